The van der Waals surface area contributed by atoms with Gasteiger partial charge in [0.05, 0.1) is 6.42 Å². The second kappa shape index (κ2) is 8.64. The van der Waals surface area contributed by atoms with Gasteiger partial charge in [0.15, 0.2) is 0 Å². The molecule has 0 bridgehead atoms. The molecule has 138 valence electrons. The Bertz CT molecular complexity index is 517. The molecule has 1 aliphatic rings. The maximum absolute atomic E-state index is 12.9. The Hall–Kier alpha value is -0.640. The lowest BCUT2D eigenvalue weighted by molar-refractivity contribution is -0.149. The normalized spacial score (nSPS) is 18.1. The molecule has 1 aromatic rings. The van der Waals surface area contributed by atoms with E-state index in [2.05, 4.69) is 5.32 Å². The molecule has 1 aliphatic heterocycles. The summed E-state index contributed by atoms with van der Waals surface area (Å²) in [5.74, 6) is 0. The highest BCUT2D eigenvalue weighted by Gasteiger charge is 2.38. The van der Waals surface area contributed by atoms with Crippen molar-refractivity contribution >= 4 is 24.2 Å². The standard InChI is InChI=1S/C14H16F6N2S.ClH/c15-13(16,17)9-11(22-7-5-21-6-8-22)10-3-1-2-4-12(10)23-14(18,19)20;/h1-4,11,21H,5-9H2;1H/t11-;/m0./s1. The van der Waals surface area contributed by atoms with Gasteiger partial charge in [-0.05, 0) is 23.4 Å². The van der Waals surface area contributed by atoms with Crippen molar-refractivity contribution in [3.8, 4) is 0 Å². The molecule has 0 radical (unpaired) electrons. The van der Waals surface area contributed by atoms with E-state index in [4.69, 9.17) is 0 Å². The molecule has 0 amide bonds. The number of halogens is 7. The first-order valence-electron chi connectivity index (χ1n) is 7.02. The van der Waals surface area contributed by atoms with Gasteiger partial charge >= 0.3 is 11.7 Å². The molecule has 0 aromatic heterocycles. The highest BCUT2D eigenvalue weighted by atomic mass is 35.5. The van der Waals surface area contributed by atoms with Gasteiger partial charge in [-0.1, -0.05) is 18.2 Å². The lowest BCUT2D eigenvalue weighted by Gasteiger charge is -2.36. The number of hydrogen-bond acceptors (Lipinski definition) is 3. The average molecular weight is 395 g/mol. The van der Waals surface area contributed by atoms with Crippen LogP contribution in [0, 0.1) is 0 Å². The maximum Gasteiger partial charge on any atom is 0.446 e. The zero-order valence-corrected chi connectivity index (χ0v) is 14.1. The van der Waals surface area contributed by atoms with E-state index in [1.807, 2.05) is 0 Å². The summed E-state index contributed by atoms with van der Waals surface area (Å²) in [5.41, 5.74) is -4.46. The Balaban J connectivity index is 0.00000288. The van der Waals surface area contributed by atoms with E-state index in [0.29, 0.717) is 26.2 Å². The molecule has 0 unspecified atom stereocenters. The van der Waals surface area contributed by atoms with E-state index in [-0.39, 0.29) is 34.6 Å². The average Bonchev–Trinajstić information content (AvgIpc) is 2.44. The summed E-state index contributed by atoms with van der Waals surface area (Å²) < 4.78 is 76.9. The van der Waals surface area contributed by atoms with Crippen LogP contribution in [0.25, 0.3) is 0 Å². The predicted octanol–water partition coefficient (Wildman–Crippen LogP) is 4.62. The smallest absolute Gasteiger partial charge is 0.314 e. The summed E-state index contributed by atoms with van der Waals surface area (Å²) in [4.78, 5) is 1.42. The summed E-state index contributed by atoms with van der Waals surface area (Å²) in [6.07, 6.45) is -5.62. The Morgan fingerprint density at radius 1 is 1.04 bits per heavy atom. The van der Waals surface area contributed by atoms with Crippen LogP contribution in [0.5, 0.6) is 0 Å². The largest absolute Gasteiger partial charge is 0.446 e. The number of nitrogens with one attached hydrogen (secondary N) is 1. The summed E-state index contributed by atoms with van der Waals surface area (Å²) in [5, 5.41) is 3.03. The first-order chi connectivity index (χ1) is 10.7. The monoisotopic (exact) mass is 394 g/mol. The molecule has 1 heterocycles. The van der Waals surface area contributed by atoms with E-state index >= 15 is 0 Å². The molecule has 24 heavy (non-hydrogen) atoms. The first-order valence-corrected chi connectivity index (χ1v) is 7.83. The van der Waals surface area contributed by atoms with E-state index < -0.39 is 24.1 Å². The Morgan fingerprint density at radius 3 is 2.17 bits per heavy atom. The lowest BCUT2D eigenvalue weighted by Crippen LogP contribution is -2.46. The molecular weight excluding hydrogens is 378 g/mol. The second-order valence-corrected chi connectivity index (χ2v) is 6.31. The van der Waals surface area contributed by atoms with Crippen molar-refractivity contribution in [1.29, 1.82) is 0 Å². The molecular formula is C14H17ClF6N2S. The molecule has 0 spiro atoms. The molecule has 1 fully saturated rings. The van der Waals surface area contributed by atoms with Crippen LogP contribution in [0.3, 0.4) is 0 Å². The fraction of sp³-hybridized carbons (Fsp3) is 0.571. The fourth-order valence-corrected chi connectivity index (χ4v) is 3.34. The van der Waals surface area contributed by atoms with Crippen LogP contribution in [0.2, 0.25) is 0 Å². The van der Waals surface area contributed by atoms with Gasteiger partial charge in [-0.2, -0.15) is 26.3 Å². The molecule has 1 atom stereocenters. The number of thioether (sulfide) groups is 1. The van der Waals surface area contributed by atoms with Crippen LogP contribution in [0.15, 0.2) is 29.2 Å². The summed E-state index contributed by atoms with van der Waals surface area (Å²) in [7, 11) is 0. The van der Waals surface area contributed by atoms with Gasteiger partial charge in [0.2, 0.25) is 0 Å². The van der Waals surface area contributed by atoms with Crippen LogP contribution < -0.4 is 5.32 Å². The van der Waals surface area contributed by atoms with E-state index in [0.717, 1.165) is 0 Å². The van der Waals surface area contributed by atoms with Crippen LogP contribution in [0.4, 0.5) is 26.3 Å². The number of rotatable bonds is 4. The van der Waals surface area contributed by atoms with Gasteiger partial charge < -0.3 is 5.32 Å². The molecule has 1 N–H and O–H groups in total. The fourth-order valence-electron chi connectivity index (χ4n) is 2.62. The third-order valence-corrected chi connectivity index (χ3v) is 4.34. The summed E-state index contributed by atoms with van der Waals surface area (Å²) in [6.45, 7) is 1.77. The molecule has 1 saturated heterocycles. The summed E-state index contributed by atoms with van der Waals surface area (Å²) in [6, 6.07) is 4.34. The van der Waals surface area contributed by atoms with Crippen molar-refractivity contribution in [3.05, 3.63) is 29.8 Å². The quantitative estimate of drug-likeness (QED) is 0.592. The van der Waals surface area contributed by atoms with Gasteiger partial charge in [0.25, 0.3) is 0 Å². The van der Waals surface area contributed by atoms with Crippen LogP contribution >= 0.6 is 24.2 Å². The number of piperazine rings is 1. The van der Waals surface area contributed by atoms with Crippen LogP contribution in [-0.2, 0) is 0 Å². The number of benzene rings is 1. The van der Waals surface area contributed by atoms with Gasteiger partial charge in [-0.15, -0.1) is 12.4 Å². The van der Waals surface area contributed by atoms with Crippen molar-refractivity contribution in [2.45, 2.75) is 29.0 Å². The maximum atomic E-state index is 12.9. The molecule has 1 aromatic carbocycles. The van der Waals surface area contributed by atoms with Crippen molar-refractivity contribution in [3.63, 3.8) is 0 Å². The molecule has 0 saturated carbocycles. The predicted molar refractivity (Wildman–Crippen MR) is 83.5 cm³/mol. The lowest BCUT2D eigenvalue weighted by atomic mass is 10.0. The minimum absolute atomic E-state index is 0. The molecule has 2 nitrogen and oxygen atoms in total. The van der Waals surface area contributed by atoms with Crippen molar-refractivity contribution < 1.29 is 26.3 Å². The molecule has 2 rings (SSSR count). The van der Waals surface area contributed by atoms with Gasteiger partial charge in [-0.25, -0.2) is 0 Å². The van der Waals surface area contributed by atoms with Crippen molar-refractivity contribution in [1.82, 2.24) is 10.2 Å². The summed E-state index contributed by atoms with van der Waals surface area (Å²) >= 11 is -0.364. The molecule has 10 heteroatoms. The number of hydrogen-bond donors (Lipinski definition) is 1. The highest BCUT2D eigenvalue weighted by Crippen LogP contribution is 2.43. The van der Waals surface area contributed by atoms with Crippen LogP contribution in [-0.4, -0.2) is 42.8 Å². The Labute approximate surface area is 146 Å². The number of nitrogens with zero attached hydrogens (tertiary/aromatic N) is 1. The SMILES string of the molecule is Cl.FC(F)(F)C[C@@H](c1ccccc1SC(F)(F)F)N1CCNCC1. The molecule has 0 aliphatic carbocycles. The zero-order valence-electron chi connectivity index (χ0n) is 12.5. The highest BCUT2D eigenvalue weighted by molar-refractivity contribution is 8.00. The van der Waals surface area contributed by atoms with E-state index in [9.17, 15) is 26.3 Å². The Kier molecular flexibility index (Phi) is 7.71. The Morgan fingerprint density at radius 2 is 1.62 bits per heavy atom. The van der Waals surface area contributed by atoms with Crippen molar-refractivity contribution in [2.24, 2.45) is 0 Å². The third kappa shape index (κ3) is 6.70. The van der Waals surface area contributed by atoms with Gasteiger partial charge in [-0.3, -0.25) is 4.90 Å². The first kappa shape index (κ1) is 21.4. The zero-order chi connectivity index (χ0) is 17.1. The van der Waals surface area contributed by atoms with Crippen LogP contribution in [0.1, 0.15) is 18.0 Å². The van der Waals surface area contributed by atoms with Gasteiger partial charge in [0.1, 0.15) is 0 Å². The van der Waals surface area contributed by atoms with E-state index in [1.54, 1.807) is 4.90 Å². The topological polar surface area (TPSA) is 15.3 Å². The number of alkyl halides is 6. The minimum atomic E-state index is -4.54. The minimum Gasteiger partial charge on any atom is -0.314 e. The van der Waals surface area contributed by atoms with Crippen molar-refractivity contribution in [2.75, 3.05) is 26.2 Å². The second-order valence-electron chi connectivity index (χ2n) is 5.21. The van der Waals surface area contributed by atoms with E-state index in [1.165, 1.54) is 24.3 Å². The third-order valence-electron chi connectivity index (χ3n) is 3.52. The van der Waals surface area contributed by atoms with Gasteiger partial charge in [0, 0.05) is 37.1 Å².